The van der Waals surface area contributed by atoms with Crippen LogP contribution in [0.4, 0.5) is 0 Å². The molecule has 1 aliphatic rings. The van der Waals surface area contributed by atoms with Gasteiger partial charge in [-0.25, -0.2) is 4.79 Å². The maximum absolute atomic E-state index is 12.0. The Morgan fingerprint density at radius 2 is 2.11 bits per heavy atom. The van der Waals surface area contributed by atoms with Crippen molar-refractivity contribution in [3.05, 3.63) is 23.8 Å². The number of hydrogen-bond donors (Lipinski definition) is 0. The van der Waals surface area contributed by atoms with Crippen molar-refractivity contribution < 1.29 is 23.7 Å². The van der Waals surface area contributed by atoms with E-state index in [0.29, 0.717) is 23.5 Å². The molecule has 0 saturated heterocycles. The average molecular weight is 252 g/mol. The standard InChI is InChI=1S/C13H16O5/c1-4-13(2)17-10-7-5-6-9(16-8-15-3)11(10)12(14)18-13/h5-7H,4,8H2,1-3H3. The lowest BCUT2D eigenvalue weighted by Crippen LogP contribution is -2.41. The number of esters is 1. The molecule has 5 heteroatoms. The first kappa shape index (κ1) is 12.7. The first-order chi connectivity index (χ1) is 8.59. The van der Waals surface area contributed by atoms with Gasteiger partial charge in [-0.05, 0) is 12.1 Å². The molecule has 0 spiro atoms. The molecular weight excluding hydrogens is 236 g/mol. The highest BCUT2D eigenvalue weighted by Crippen LogP contribution is 2.37. The Bertz CT molecular complexity index is 457. The summed E-state index contributed by atoms with van der Waals surface area (Å²) in [6.45, 7) is 3.69. The van der Waals surface area contributed by atoms with E-state index in [9.17, 15) is 4.79 Å². The second-order valence-corrected chi connectivity index (χ2v) is 4.16. The molecule has 1 heterocycles. The zero-order chi connectivity index (χ0) is 13.2. The van der Waals surface area contributed by atoms with Crippen molar-refractivity contribution in [3.8, 4) is 11.5 Å². The Balaban J connectivity index is 2.36. The van der Waals surface area contributed by atoms with Gasteiger partial charge in [-0.1, -0.05) is 13.0 Å². The Kier molecular flexibility index (Phi) is 3.43. The van der Waals surface area contributed by atoms with Crippen LogP contribution in [-0.4, -0.2) is 25.7 Å². The van der Waals surface area contributed by atoms with Crippen LogP contribution in [0, 0.1) is 0 Å². The largest absolute Gasteiger partial charge is 0.467 e. The Labute approximate surface area is 106 Å². The summed E-state index contributed by atoms with van der Waals surface area (Å²) in [6, 6.07) is 5.17. The van der Waals surface area contributed by atoms with Gasteiger partial charge in [0.2, 0.25) is 0 Å². The van der Waals surface area contributed by atoms with Crippen LogP contribution in [0.3, 0.4) is 0 Å². The second-order valence-electron chi connectivity index (χ2n) is 4.16. The van der Waals surface area contributed by atoms with Gasteiger partial charge < -0.3 is 18.9 Å². The summed E-state index contributed by atoms with van der Waals surface area (Å²) in [5.74, 6) is -0.474. The second kappa shape index (κ2) is 4.86. The van der Waals surface area contributed by atoms with Gasteiger partial charge in [-0.3, -0.25) is 0 Å². The Hall–Kier alpha value is -1.75. The maximum atomic E-state index is 12.0. The highest BCUT2D eigenvalue weighted by Gasteiger charge is 2.38. The zero-order valence-corrected chi connectivity index (χ0v) is 10.7. The number of ether oxygens (including phenoxy) is 4. The van der Waals surface area contributed by atoms with Crippen molar-refractivity contribution in [2.24, 2.45) is 0 Å². The summed E-state index contributed by atoms with van der Waals surface area (Å²) in [4.78, 5) is 12.0. The Morgan fingerprint density at radius 3 is 2.78 bits per heavy atom. The molecule has 0 aromatic heterocycles. The molecule has 2 rings (SSSR count). The number of benzene rings is 1. The van der Waals surface area contributed by atoms with Crippen LogP contribution in [0.1, 0.15) is 30.6 Å². The molecule has 0 N–H and O–H groups in total. The van der Waals surface area contributed by atoms with E-state index in [-0.39, 0.29) is 6.79 Å². The number of cyclic esters (lactones) is 1. The number of hydrogen-bond acceptors (Lipinski definition) is 5. The fourth-order valence-corrected chi connectivity index (χ4v) is 1.68. The van der Waals surface area contributed by atoms with Gasteiger partial charge in [-0.2, -0.15) is 0 Å². The Morgan fingerprint density at radius 1 is 1.33 bits per heavy atom. The number of carbonyl (C=O) groups is 1. The third-order valence-electron chi connectivity index (χ3n) is 2.80. The minimum atomic E-state index is -0.913. The van der Waals surface area contributed by atoms with Gasteiger partial charge in [-0.15, -0.1) is 0 Å². The summed E-state index contributed by atoms with van der Waals surface area (Å²) in [7, 11) is 1.51. The van der Waals surface area contributed by atoms with E-state index < -0.39 is 11.8 Å². The van der Waals surface area contributed by atoms with E-state index >= 15 is 0 Å². The molecule has 98 valence electrons. The molecular formula is C13H16O5. The predicted octanol–water partition coefficient (Wildman–Crippen LogP) is 2.34. The van der Waals surface area contributed by atoms with Crippen molar-refractivity contribution in [1.82, 2.24) is 0 Å². The van der Waals surface area contributed by atoms with Gasteiger partial charge in [0.25, 0.3) is 5.79 Å². The van der Waals surface area contributed by atoms with Gasteiger partial charge in [0.05, 0.1) is 0 Å². The zero-order valence-electron chi connectivity index (χ0n) is 10.7. The molecule has 1 aliphatic heterocycles. The smallest absolute Gasteiger partial charge is 0.349 e. The number of rotatable bonds is 4. The van der Waals surface area contributed by atoms with Crippen LogP contribution in [0.5, 0.6) is 11.5 Å². The summed E-state index contributed by atoms with van der Waals surface area (Å²) >= 11 is 0. The number of methoxy groups -OCH3 is 1. The highest BCUT2D eigenvalue weighted by atomic mass is 16.7. The first-order valence-electron chi connectivity index (χ1n) is 5.77. The quantitative estimate of drug-likeness (QED) is 0.608. The molecule has 1 aromatic carbocycles. The molecule has 1 atom stereocenters. The molecule has 0 fully saturated rings. The van der Waals surface area contributed by atoms with Crippen molar-refractivity contribution in [1.29, 1.82) is 0 Å². The van der Waals surface area contributed by atoms with Gasteiger partial charge in [0, 0.05) is 20.5 Å². The third kappa shape index (κ3) is 2.26. The minimum Gasteiger partial charge on any atom is -0.467 e. The van der Waals surface area contributed by atoms with E-state index in [0.717, 1.165) is 0 Å². The van der Waals surface area contributed by atoms with Crippen LogP contribution in [0.15, 0.2) is 18.2 Å². The van der Waals surface area contributed by atoms with Crippen molar-refractivity contribution in [2.75, 3.05) is 13.9 Å². The normalized spacial score (nSPS) is 21.8. The molecule has 0 radical (unpaired) electrons. The van der Waals surface area contributed by atoms with Gasteiger partial charge >= 0.3 is 5.97 Å². The fraction of sp³-hybridized carbons (Fsp3) is 0.462. The van der Waals surface area contributed by atoms with Gasteiger partial charge in [0.15, 0.2) is 6.79 Å². The molecule has 5 nitrogen and oxygen atoms in total. The summed E-state index contributed by atoms with van der Waals surface area (Å²) < 4.78 is 21.1. The van der Waals surface area contributed by atoms with Crippen molar-refractivity contribution in [2.45, 2.75) is 26.1 Å². The molecule has 1 aromatic rings. The summed E-state index contributed by atoms with van der Waals surface area (Å²) in [5, 5.41) is 0. The molecule has 1 unspecified atom stereocenters. The lowest BCUT2D eigenvalue weighted by atomic mass is 10.1. The minimum absolute atomic E-state index is 0.0643. The topological polar surface area (TPSA) is 54.0 Å². The van der Waals surface area contributed by atoms with E-state index in [1.54, 1.807) is 25.1 Å². The number of fused-ring (bicyclic) bond motifs is 1. The highest BCUT2D eigenvalue weighted by molar-refractivity contribution is 5.96. The molecule has 18 heavy (non-hydrogen) atoms. The molecule has 0 amide bonds. The van der Waals surface area contributed by atoms with Crippen LogP contribution in [0.2, 0.25) is 0 Å². The lowest BCUT2D eigenvalue weighted by molar-refractivity contribution is -0.143. The first-order valence-corrected chi connectivity index (χ1v) is 5.77. The fourth-order valence-electron chi connectivity index (χ4n) is 1.68. The summed E-state index contributed by atoms with van der Waals surface area (Å²) in [5.41, 5.74) is 0.306. The number of carbonyl (C=O) groups excluding carboxylic acids is 1. The van der Waals surface area contributed by atoms with Gasteiger partial charge in [0.1, 0.15) is 17.1 Å². The van der Waals surface area contributed by atoms with E-state index in [2.05, 4.69) is 0 Å². The lowest BCUT2D eigenvalue weighted by Gasteiger charge is -2.34. The molecule has 0 saturated carbocycles. The van der Waals surface area contributed by atoms with Crippen molar-refractivity contribution in [3.63, 3.8) is 0 Å². The van der Waals surface area contributed by atoms with Crippen LogP contribution < -0.4 is 9.47 Å². The van der Waals surface area contributed by atoms with E-state index in [4.69, 9.17) is 18.9 Å². The van der Waals surface area contributed by atoms with Crippen molar-refractivity contribution >= 4 is 5.97 Å². The predicted molar refractivity (Wildman–Crippen MR) is 63.7 cm³/mol. The maximum Gasteiger partial charge on any atom is 0.349 e. The third-order valence-corrected chi connectivity index (χ3v) is 2.80. The summed E-state index contributed by atoms with van der Waals surface area (Å²) in [6.07, 6.45) is 0.571. The van der Waals surface area contributed by atoms with E-state index in [1.165, 1.54) is 7.11 Å². The molecule has 0 bridgehead atoms. The average Bonchev–Trinajstić information content (AvgIpc) is 2.35. The SMILES string of the molecule is CCC1(C)OC(=O)c2c(OCOC)cccc2O1. The monoisotopic (exact) mass is 252 g/mol. The van der Waals surface area contributed by atoms with E-state index in [1.807, 2.05) is 6.92 Å². The molecule has 0 aliphatic carbocycles. The van der Waals surface area contributed by atoms with Crippen LogP contribution in [0.25, 0.3) is 0 Å². The van der Waals surface area contributed by atoms with Crippen LogP contribution in [-0.2, 0) is 9.47 Å². The van der Waals surface area contributed by atoms with Crippen LogP contribution >= 0.6 is 0 Å².